The van der Waals surface area contributed by atoms with Crippen molar-refractivity contribution in [3.8, 4) is 5.30 Å². The fourth-order valence-electron chi connectivity index (χ4n) is 1.17. The lowest BCUT2D eigenvalue weighted by Gasteiger charge is -1.87. The molecule has 1 aromatic heterocycles. The van der Waals surface area contributed by atoms with Crippen LogP contribution in [0.2, 0.25) is 0 Å². The Hall–Kier alpha value is -0.880. The lowest BCUT2D eigenvalue weighted by molar-refractivity contribution is 0.775. The Labute approximate surface area is 67.2 Å². The molecule has 0 fully saturated rings. The first kappa shape index (κ1) is 6.81. The number of aromatic nitrogens is 2. The average molecular weight is 166 g/mol. The highest BCUT2D eigenvalue weighted by Crippen LogP contribution is 2.43. The summed E-state index contributed by atoms with van der Waals surface area (Å²) in [6, 6.07) is 10.6. The van der Waals surface area contributed by atoms with Gasteiger partial charge >= 0.3 is 0 Å². The Morgan fingerprint density at radius 2 is 1.55 bits per heavy atom. The summed E-state index contributed by atoms with van der Waals surface area (Å²) in [5, 5.41) is 1.44. The fourth-order valence-corrected chi connectivity index (χ4v) is 2.96. The molecule has 0 saturated carbocycles. The van der Waals surface area contributed by atoms with Crippen LogP contribution in [-0.4, -0.2) is 8.89 Å². The number of rotatable bonds is 1. The molecule has 0 aliphatic heterocycles. The van der Waals surface area contributed by atoms with Gasteiger partial charge in [0.15, 0.2) is 0 Å². The van der Waals surface area contributed by atoms with E-state index >= 15 is 0 Å². The molecule has 0 aliphatic carbocycles. The number of benzene rings is 1. The van der Waals surface area contributed by atoms with Gasteiger partial charge in [-0.25, -0.2) is 0 Å². The highest BCUT2D eigenvalue weighted by atomic mass is 31.1. The minimum atomic E-state index is -0.101. The van der Waals surface area contributed by atoms with Gasteiger partial charge in [-0.2, -0.15) is 0 Å². The average Bonchev–Trinajstić information content (AvgIpc) is 2.62. The van der Waals surface area contributed by atoms with E-state index in [-0.39, 0.29) is 7.85 Å². The van der Waals surface area contributed by atoms with Crippen LogP contribution in [0.1, 0.15) is 0 Å². The van der Waals surface area contributed by atoms with Crippen LogP contribution < -0.4 is 0 Å². The summed E-state index contributed by atoms with van der Waals surface area (Å²) >= 11 is 0. The van der Waals surface area contributed by atoms with E-state index < -0.39 is 0 Å². The second-order valence-corrected chi connectivity index (χ2v) is 4.86. The summed E-state index contributed by atoms with van der Waals surface area (Å²) in [6.07, 6.45) is 0. The van der Waals surface area contributed by atoms with Crippen LogP contribution in [-0.2, 0) is 14.1 Å². The molecule has 3 heteroatoms. The van der Waals surface area contributed by atoms with Crippen molar-refractivity contribution in [2.75, 3.05) is 0 Å². The van der Waals surface area contributed by atoms with Crippen LogP contribution >= 0.6 is 7.85 Å². The minimum absolute atomic E-state index is 0.101. The molecule has 1 aromatic carbocycles. The number of nitrogens with zero attached hydrogens (tertiary/aromatic N) is 2. The maximum Gasteiger partial charge on any atom is 0.0885 e. The third-order valence-electron chi connectivity index (χ3n) is 1.92. The van der Waals surface area contributed by atoms with E-state index in [0.29, 0.717) is 0 Å². The van der Waals surface area contributed by atoms with E-state index in [1.54, 1.807) is 0 Å². The lowest BCUT2D eigenvalue weighted by atomic mass is 10.4. The summed E-state index contributed by atoms with van der Waals surface area (Å²) in [6.45, 7) is 0. The normalized spacial score (nSPS) is 10.7. The molecule has 0 amide bonds. The van der Waals surface area contributed by atoms with Crippen LogP contribution in [0.3, 0.4) is 0 Å². The predicted octanol–water partition coefficient (Wildman–Crippen LogP) is 2.34. The molecule has 0 N–H and O–H groups in total. The monoisotopic (exact) mass is 166 g/mol. The van der Waals surface area contributed by atoms with E-state index in [9.17, 15) is 0 Å². The highest BCUT2D eigenvalue weighted by Gasteiger charge is 2.11. The molecule has 2 aromatic rings. The third kappa shape index (κ3) is 1.04. The third-order valence-corrected chi connectivity index (χ3v) is 4.16. The highest BCUT2D eigenvalue weighted by molar-refractivity contribution is 7.53. The Kier molecular flexibility index (Phi) is 1.43. The maximum atomic E-state index is 2.27. The Bertz CT molecular complexity index is 325. The molecule has 2 nitrogen and oxygen atoms in total. The predicted molar refractivity (Wildman–Crippen MR) is 48.4 cm³/mol. The standard InChI is InChI=1S/C8H11N2P/c1-9-10(2)11(9)8-6-4-3-5-7-8/h3-7H,1-2H3. The molecule has 0 bridgehead atoms. The van der Waals surface area contributed by atoms with Crippen LogP contribution in [0.5, 0.6) is 0 Å². The van der Waals surface area contributed by atoms with Gasteiger partial charge < -0.3 is 0 Å². The van der Waals surface area contributed by atoms with Crippen molar-refractivity contribution in [3.05, 3.63) is 30.3 Å². The summed E-state index contributed by atoms with van der Waals surface area (Å²) in [7, 11) is 4.15. The van der Waals surface area contributed by atoms with E-state index in [0.717, 1.165) is 0 Å². The van der Waals surface area contributed by atoms with Crippen LogP contribution in [0, 0.1) is 0 Å². The van der Waals surface area contributed by atoms with E-state index in [4.69, 9.17) is 0 Å². The van der Waals surface area contributed by atoms with Crippen LogP contribution in [0.15, 0.2) is 30.3 Å². The number of hydrogen-bond donors (Lipinski definition) is 0. The fraction of sp³-hybridized carbons (Fsp3) is 0.250. The van der Waals surface area contributed by atoms with Gasteiger partial charge in [-0.05, 0) is 12.1 Å². The van der Waals surface area contributed by atoms with Crippen molar-refractivity contribution in [2.45, 2.75) is 0 Å². The molecular weight excluding hydrogens is 155 g/mol. The Morgan fingerprint density at radius 3 is 2.00 bits per heavy atom. The first-order valence-corrected chi connectivity index (χ1v) is 4.88. The largest absolute Gasteiger partial charge is 0.255 e. The van der Waals surface area contributed by atoms with E-state index in [1.807, 2.05) is 0 Å². The molecule has 0 atom stereocenters. The molecule has 2 rings (SSSR count). The molecule has 0 radical (unpaired) electrons. The van der Waals surface area contributed by atoms with Gasteiger partial charge in [-0.3, -0.25) is 8.89 Å². The van der Waals surface area contributed by atoms with Crippen molar-refractivity contribution < 1.29 is 0 Å². The zero-order chi connectivity index (χ0) is 7.84. The summed E-state index contributed by atoms with van der Waals surface area (Å²) in [5.74, 6) is 0. The SMILES string of the molecule is Cn1n(C)p1-c1ccccc1. The second-order valence-electron chi connectivity index (χ2n) is 2.60. The molecule has 0 unspecified atom stereocenters. The minimum Gasteiger partial charge on any atom is -0.255 e. The quantitative estimate of drug-likeness (QED) is 0.615. The second kappa shape index (κ2) is 2.31. The molecule has 1 heterocycles. The van der Waals surface area contributed by atoms with Gasteiger partial charge in [0.1, 0.15) is 0 Å². The molecule has 0 spiro atoms. The zero-order valence-electron chi connectivity index (χ0n) is 6.73. The molecule has 58 valence electrons. The summed E-state index contributed by atoms with van der Waals surface area (Å²) in [4.78, 5) is 0. The smallest absolute Gasteiger partial charge is 0.0885 e. The van der Waals surface area contributed by atoms with Crippen molar-refractivity contribution in [1.82, 2.24) is 8.89 Å². The van der Waals surface area contributed by atoms with Gasteiger partial charge in [0.25, 0.3) is 0 Å². The molecule has 0 aliphatic rings. The Balaban J connectivity index is 2.40. The van der Waals surface area contributed by atoms with Crippen molar-refractivity contribution in [3.63, 3.8) is 0 Å². The van der Waals surface area contributed by atoms with Crippen LogP contribution in [0.25, 0.3) is 5.30 Å². The summed E-state index contributed by atoms with van der Waals surface area (Å²) < 4.78 is 4.54. The van der Waals surface area contributed by atoms with Gasteiger partial charge in [-0.15, -0.1) is 0 Å². The first-order chi connectivity index (χ1) is 5.30. The number of hydrogen-bond acceptors (Lipinski definition) is 0. The van der Waals surface area contributed by atoms with Gasteiger partial charge in [0.2, 0.25) is 0 Å². The molecule has 11 heavy (non-hydrogen) atoms. The zero-order valence-corrected chi connectivity index (χ0v) is 7.62. The van der Waals surface area contributed by atoms with Crippen molar-refractivity contribution >= 4 is 7.85 Å². The van der Waals surface area contributed by atoms with Gasteiger partial charge in [0, 0.05) is 19.4 Å². The summed E-state index contributed by atoms with van der Waals surface area (Å²) in [5.41, 5.74) is 0. The first-order valence-electron chi connectivity index (χ1n) is 3.63. The van der Waals surface area contributed by atoms with E-state index in [1.165, 1.54) is 5.30 Å². The maximum absolute atomic E-state index is 2.27. The Morgan fingerprint density at radius 1 is 1.00 bits per heavy atom. The van der Waals surface area contributed by atoms with Gasteiger partial charge in [-0.1, -0.05) is 18.2 Å². The van der Waals surface area contributed by atoms with E-state index in [2.05, 4.69) is 53.3 Å². The van der Waals surface area contributed by atoms with Crippen molar-refractivity contribution in [1.29, 1.82) is 0 Å². The van der Waals surface area contributed by atoms with Crippen LogP contribution in [0.4, 0.5) is 0 Å². The molecular formula is C8H11N2P. The topological polar surface area (TPSA) is 9.86 Å². The lowest BCUT2D eigenvalue weighted by Crippen LogP contribution is -1.76. The van der Waals surface area contributed by atoms with Crippen molar-refractivity contribution in [2.24, 2.45) is 14.1 Å². The van der Waals surface area contributed by atoms with Gasteiger partial charge in [0.05, 0.1) is 7.85 Å². The molecule has 0 saturated heterocycles.